The van der Waals surface area contributed by atoms with Gasteiger partial charge in [-0.1, -0.05) is 56.1 Å². The van der Waals surface area contributed by atoms with Crippen LogP contribution >= 0.6 is 31.9 Å². The van der Waals surface area contributed by atoms with Crippen LogP contribution < -0.4 is 0 Å². The fourth-order valence-corrected chi connectivity index (χ4v) is 2.58. The molecule has 6 nitrogen and oxygen atoms in total. The number of carboxylic acids is 1. The molecular weight excluding hydrogens is 460 g/mol. The summed E-state index contributed by atoms with van der Waals surface area (Å²) in [5, 5.41) is 27.0. The second-order valence-corrected chi connectivity index (χ2v) is 6.61. The van der Waals surface area contributed by atoms with Gasteiger partial charge in [-0.2, -0.15) is 0 Å². The summed E-state index contributed by atoms with van der Waals surface area (Å²) in [6.07, 6.45) is -2.65. The van der Waals surface area contributed by atoms with Gasteiger partial charge in [0, 0.05) is 8.95 Å². The van der Waals surface area contributed by atoms with Gasteiger partial charge in [0.2, 0.25) is 0 Å². The lowest BCUT2D eigenvalue weighted by atomic mass is 10.1. The van der Waals surface area contributed by atoms with E-state index in [1.165, 1.54) is 7.11 Å². The van der Waals surface area contributed by atoms with Crippen molar-refractivity contribution in [3.63, 3.8) is 0 Å². The van der Waals surface area contributed by atoms with Crippen LogP contribution in [0.25, 0.3) is 0 Å². The smallest absolute Gasteiger partial charge is 0.339 e. The largest absolute Gasteiger partial charge is 0.479 e. The molecule has 0 fully saturated rings. The van der Waals surface area contributed by atoms with Gasteiger partial charge in [-0.25, -0.2) is 9.59 Å². The molecule has 0 aliphatic heterocycles. The van der Waals surface area contributed by atoms with Crippen LogP contribution in [0.1, 0.15) is 23.3 Å². The Morgan fingerprint density at radius 1 is 0.920 bits per heavy atom. The van der Waals surface area contributed by atoms with E-state index in [0.29, 0.717) is 11.1 Å². The summed E-state index contributed by atoms with van der Waals surface area (Å²) < 4.78 is 5.97. The second kappa shape index (κ2) is 10.3. The number of benzene rings is 2. The van der Waals surface area contributed by atoms with Crippen molar-refractivity contribution in [1.29, 1.82) is 0 Å². The Bertz CT molecular complexity index is 735. The van der Waals surface area contributed by atoms with Gasteiger partial charge in [0.05, 0.1) is 7.11 Å². The van der Waals surface area contributed by atoms with Gasteiger partial charge in [0.15, 0.2) is 12.2 Å². The lowest BCUT2D eigenvalue weighted by Gasteiger charge is -2.08. The molecule has 0 aromatic heterocycles. The highest BCUT2D eigenvalue weighted by atomic mass is 79.9. The fraction of sp³-hybridized carbons (Fsp3) is 0.176. The SMILES string of the molecule is COC(=O)C(O)c1cccc(Br)c1.O=C(O)C(O)c1cccc(Br)c1. The number of esters is 1. The highest BCUT2D eigenvalue weighted by molar-refractivity contribution is 9.10. The quantitative estimate of drug-likeness (QED) is 0.586. The summed E-state index contributed by atoms with van der Waals surface area (Å²) in [7, 11) is 1.24. The molecule has 0 aliphatic rings. The molecule has 0 aliphatic carbocycles. The molecule has 3 N–H and O–H groups in total. The highest BCUT2D eigenvalue weighted by Gasteiger charge is 2.17. The third-order valence-corrected chi connectivity index (χ3v) is 3.97. The van der Waals surface area contributed by atoms with Crippen LogP contribution in [0, 0.1) is 0 Å². The minimum absolute atomic E-state index is 0.372. The van der Waals surface area contributed by atoms with Gasteiger partial charge in [-0.05, 0) is 35.4 Å². The first-order chi connectivity index (χ1) is 11.8. The van der Waals surface area contributed by atoms with E-state index in [-0.39, 0.29) is 0 Å². The minimum atomic E-state index is -1.44. The first-order valence-electron chi connectivity index (χ1n) is 6.94. The zero-order valence-corrected chi connectivity index (χ0v) is 16.3. The molecule has 2 rings (SSSR count). The van der Waals surface area contributed by atoms with Crippen molar-refractivity contribution in [1.82, 2.24) is 0 Å². The number of aliphatic hydroxyl groups excluding tert-OH is 2. The van der Waals surface area contributed by atoms with Gasteiger partial charge in [0.25, 0.3) is 0 Å². The van der Waals surface area contributed by atoms with Crippen LogP contribution in [0.15, 0.2) is 57.5 Å². The molecule has 8 heteroatoms. The van der Waals surface area contributed by atoms with Gasteiger partial charge in [-0.3, -0.25) is 0 Å². The Labute approximate surface area is 161 Å². The number of carbonyl (C=O) groups is 2. The molecule has 0 saturated heterocycles. The summed E-state index contributed by atoms with van der Waals surface area (Å²) in [5.74, 6) is -1.90. The summed E-state index contributed by atoms with van der Waals surface area (Å²) in [6.45, 7) is 0. The molecule has 0 heterocycles. The topological polar surface area (TPSA) is 104 Å². The number of methoxy groups -OCH3 is 1. The number of aliphatic hydroxyl groups is 2. The van der Waals surface area contributed by atoms with Crippen molar-refractivity contribution in [2.24, 2.45) is 0 Å². The first-order valence-corrected chi connectivity index (χ1v) is 8.52. The Hall–Kier alpha value is -1.74. The number of ether oxygens (including phenoxy) is 1. The van der Waals surface area contributed by atoms with E-state index in [1.807, 2.05) is 6.07 Å². The average molecular weight is 476 g/mol. The van der Waals surface area contributed by atoms with Crippen LogP contribution in [-0.4, -0.2) is 34.4 Å². The number of halogens is 2. The molecule has 2 aromatic rings. The van der Waals surface area contributed by atoms with E-state index in [9.17, 15) is 14.7 Å². The maximum absolute atomic E-state index is 10.9. The monoisotopic (exact) mass is 474 g/mol. The Morgan fingerprint density at radius 3 is 1.72 bits per heavy atom. The second-order valence-electron chi connectivity index (χ2n) is 4.78. The van der Waals surface area contributed by atoms with Crippen LogP contribution in [-0.2, 0) is 14.3 Å². The predicted octanol–water partition coefficient (Wildman–Crippen LogP) is 3.22. The molecule has 2 unspecified atom stereocenters. The van der Waals surface area contributed by atoms with E-state index >= 15 is 0 Å². The van der Waals surface area contributed by atoms with Gasteiger partial charge >= 0.3 is 11.9 Å². The van der Waals surface area contributed by atoms with Crippen LogP contribution in [0.3, 0.4) is 0 Å². The summed E-state index contributed by atoms with van der Waals surface area (Å²) >= 11 is 6.41. The first kappa shape index (κ1) is 21.3. The normalized spacial score (nSPS) is 12.4. The minimum Gasteiger partial charge on any atom is -0.479 e. The molecule has 2 atom stereocenters. The number of carboxylic acid groups (broad SMARTS) is 1. The number of rotatable bonds is 4. The van der Waals surface area contributed by atoms with Crippen molar-refractivity contribution < 1.29 is 29.6 Å². The lowest BCUT2D eigenvalue weighted by molar-refractivity contribution is -0.150. The molecule has 2 aromatic carbocycles. The molecule has 25 heavy (non-hydrogen) atoms. The van der Waals surface area contributed by atoms with Gasteiger partial charge < -0.3 is 20.1 Å². The third-order valence-electron chi connectivity index (χ3n) is 2.99. The molecule has 0 bridgehead atoms. The maximum Gasteiger partial charge on any atom is 0.339 e. The summed E-state index contributed by atoms with van der Waals surface area (Å²) in [4.78, 5) is 21.3. The molecule has 0 spiro atoms. The Balaban J connectivity index is 0.000000251. The number of aliphatic carboxylic acids is 1. The highest BCUT2D eigenvalue weighted by Crippen LogP contribution is 2.19. The van der Waals surface area contributed by atoms with E-state index in [4.69, 9.17) is 10.2 Å². The van der Waals surface area contributed by atoms with E-state index in [0.717, 1.165) is 8.95 Å². The van der Waals surface area contributed by atoms with Crippen molar-refractivity contribution in [2.45, 2.75) is 12.2 Å². The van der Waals surface area contributed by atoms with Crippen LogP contribution in [0.2, 0.25) is 0 Å². The zero-order chi connectivity index (χ0) is 19.0. The van der Waals surface area contributed by atoms with Crippen molar-refractivity contribution in [2.75, 3.05) is 7.11 Å². The van der Waals surface area contributed by atoms with Crippen LogP contribution in [0.4, 0.5) is 0 Å². The predicted molar refractivity (Wildman–Crippen MR) is 97.9 cm³/mol. The van der Waals surface area contributed by atoms with Crippen molar-refractivity contribution >= 4 is 43.8 Å². The van der Waals surface area contributed by atoms with Crippen molar-refractivity contribution in [3.8, 4) is 0 Å². The third kappa shape index (κ3) is 6.95. The maximum atomic E-state index is 10.9. The molecular formula is C17H16Br2O6. The van der Waals surface area contributed by atoms with Crippen molar-refractivity contribution in [3.05, 3.63) is 68.6 Å². The fourth-order valence-electron chi connectivity index (χ4n) is 1.74. The summed E-state index contributed by atoms with van der Waals surface area (Å²) in [6, 6.07) is 13.4. The zero-order valence-electron chi connectivity index (χ0n) is 13.1. The summed E-state index contributed by atoms with van der Waals surface area (Å²) in [5.41, 5.74) is 0.887. The van der Waals surface area contributed by atoms with E-state index in [2.05, 4.69) is 36.6 Å². The number of hydrogen-bond acceptors (Lipinski definition) is 5. The standard InChI is InChI=1S/C9H9BrO3.C8H7BrO3/c1-13-9(12)8(11)6-3-2-4-7(10)5-6;9-6-3-1-2-5(4-6)7(10)8(11)12/h2-5,8,11H,1H3;1-4,7,10H,(H,11,12). The molecule has 0 saturated carbocycles. The number of carbonyl (C=O) groups excluding carboxylic acids is 1. The van der Waals surface area contributed by atoms with E-state index < -0.39 is 24.1 Å². The Morgan fingerprint density at radius 2 is 1.36 bits per heavy atom. The average Bonchev–Trinajstić information content (AvgIpc) is 2.60. The molecule has 134 valence electrons. The Kier molecular flexibility index (Phi) is 8.77. The lowest BCUT2D eigenvalue weighted by Crippen LogP contribution is -2.13. The van der Waals surface area contributed by atoms with Crippen LogP contribution in [0.5, 0.6) is 0 Å². The number of hydrogen-bond donors (Lipinski definition) is 3. The molecule has 0 amide bonds. The molecule has 0 radical (unpaired) electrons. The van der Waals surface area contributed by atoms with Gasteiger partial charge in [0.1, 0.15) is 0 Å². The van der Waals surface area contributed by atoms with E-state index in [1.54, 1.807) is 42.5 Å². The van der Waals surface area contributed by atoms with Gasteiger partial charge in [-0.15, -0.1) is 0 Å².